The van der Waals surface area contributed by atoms with Crippen LogP contribution in [0.2, 0.25) is 0 Å². The zero-order chi connectivity index (χ0) is 21.7. The smallest absolute Gasteiger partial charge is 0.416 e. The molecule has 1 amide bonds. The zero-order valence-electron chi connectivity index (χ0n) is 14.8. The third-order valence-corrected chi connectivity index (χ3v) is 5.26. The lowest BCUT2D eigenvalue weighted by Gasteiger charge is -2.40. The van der Waals surface area contributed by atoms with Gasteiger partial charge < -0.3 is 10.8 Å². The molecule has 0 saturated heterocycles. The van der Waals surface area contributed by atoms with Crippen LogP contribution in [0.5, 0.6) is 0 Å². The van der Waals surface area contributed by atoms with Gasteiger partial charge in [-0.15, -0.1) is 0 Å². The van der Waals surface area contributed by atoms with Crippen molar-refractivity contribution < 1.29 is 41.0 Å². The highest BCUT2D eigenvalue weighted by Gasteiger charge is 2.55. The number of amides is 1. The molecule has 154 valence electrons. The maximum absolute atomic E-state index is 13.2. The van der Waals surface area contributed by atoms with Crippen molar-refractivity contribution in [2.45, 2.75) is 45.0 Å². The molecule has 0 aromatic heterocycles. The number of alkyl halides is 6. The summed E-state index contributed by atoms with van der Waals surface area (Å²) in [4.78, 5) is 24.0. The summed E-state index contributed by atoms with van der Waals surface area (Å²) in [6, 6.07) is 0.843. The summed E-state index contributed by atoms with van der Waals surface area (Å²) >= 11 is 0. The second kappa shape index (κ2) is 6.82. The average molecular weight is 409 g/mol. The van der Waals surface area contributed by atoms with Gasteiger partial charge in [0.2, 0.25) is 5.91 Å². The van der Waals surface area contributed by atoms with Crippen molar-refractivity contribution in [2.75, 3.05) is 0 Å². The standard InChI is InChI=1S/C18H17F6NO3/c1-8-3-4-16(14(25)26,15(27)28)13(9(8)2)10-5-11(17(19,20)21)7-12(6-10)18(22,23)24/h5-7,13H,3-4H2,1-2H3,(H2,25,26)(H,27,28). The van der Waals surface area contributed by atoms with Gasteiger partial charge in [0, 0.05) is 5.92 Å². The van der Waals surface area contributed by atoms with Crippen molar-refractivity contribution in [2.24, 2.45) is 11.1 Å². The van der Waals surface area contributed by atoms with E-state index in [0.717, 1.165) is 0 Å². The summed E-state index contributed by atoms with van der Waals surface area (Å²) in [6.07, 6.45) is -10.4. The molecule has 2 unspecified atom stereocenters. The lowest BCUT2D eigenvalue weighted by molar-refractivity contribution is -0.156. The molecule has 0 radical (unpaired) electrons. The Morgan fingerprint density at radius 2 is 1.50 bits per heavy atom. The van der Waals surface area contributed by atoms with Gasteiger partial charge in [-0.3, -0.25) is 9.59 Å². The summed E-state index contributed by atoms with van der Waals surface area (Å²) in [5, 5.41) is 9.69. The third kappa shape index (κ3) is 3.59. The lowest BCUT2D eigenvalue weighted by Crippen LogP contribution is -2.50. The van der Waals surface area contributed by atoms with Crippen LogP contribution in [0, 0.1) is 5.41 Å². The van der Waals surface area contributed by atoms with Crippen LogP contribution in [-0.2, 0) is 21.9 Å². The maximum Gasteiger partial charge on any atom is 0.416 e. The van der Waals surface area contributed by atoms with Crippen LogP contribution in [0.3, 0.4) is 0 Å². The van der Waals surface area contributed by atoms with E-state index in [9.17, 15) is 41.0 Å². The maximum atomic E-state index is 13.2. The highest BCUT2D eigenvalue weighted by Crippen LogP contribution is 2.51. The number of carboxylic acids is 1. The molecule has 0 heterocycles. The molecule has 3 N–H and O–H groups in total. The second-order valence-corrected chi connectivity index (χ2v) is 6.88. The molecule has 0 spiro atoms. The van der Waals surface area contributed by atoms with Gasteiger partial charge in [-0.1, -0.05) is 11.1 Å². The van der Waals surface area contributed by atoms with Crippen molar-refractivity contribution in [1.29, 1.82) is 0 Å². The van der Waals surface area contributed by atoms with Crippen molar-refractivity contribution in [3.05, 3.63) is 46.0 Å². The van der Waals surface area contributed by atoms with Crippen LogP contribution in [0.4, 0.5) is 26.3 Å². The Labute approximate surface area is 156 Å². The summed E-state index contributed by atoms with van der Waals surface area (Å²) in [5.41, 5.74) is -0.00656. The number of hydrogen-bond acceptors (Lipinski definition) is 2. The third-order valence-electron chi connectivity index (χ3n) is 5.26. The van der Waals surface area contributed by atoms with Gasteiger partial charge in [0.15, 0.2) is 5.41 Å². The molecule has 0 bridgehead atoms. The molecular formula is C18H17F6NO3. The van der Waals surface area contributed by atoms with E-state index in [2.05, 4.69) is 0 Å². The van der Waals surface area contributed by atoms with Crippen LogP contribution in [0.25, 0.3) is 0 Å². The minimum atomic E-state index is -5.10. The van der Waals surface area contributed by atoms with E-state index >= 15 is 0 Å². The van der Waals surface area contributed by atoms with E-state index in [1.807, 2.05) is 0 Å². The minimum absolute atomic E-state index is 0.0506. The molecule has 0 saturated carbocycles. The number of halogens is 6. The predicted octanol–water partition coefficient (Wildman–Crippen LogP) is 4.49. The van der Waals surface area contributed by atoms with Gasteiger partial charge in [0.05, 0.1) is 11.1 Å². The number of nitrogens with two attached hydrogens (primary N) is 1. The lowest BCUT2D eigenvalue weighted by atomic mass is 9.61. The van der Waals surface area contributed by atoms with Crippen LogP contribution >= 0.6 is 0 Å². The van der Waals surface area contributed by atoms with E-state index in [4.69, 9.17) is 5.73 Å². The number of carboxylic acid groups (broad SMARTS) is 1. The molecule has 4 nitrogen and oxygen atoms in total. The van der Waals surface area contributed by atoms with Crippen LogP contribution in [-0.4, -0.2) is 17.0 Å². The average Bonchev–Trinajstić information content (AvgIpc) is 2.54. The fourth-order valence-corrected chi connectivity index (χ4v) is 3.62. The minimum Gasteiger partial charge on any atom is -0.480 e. The summed E-state index contributed by atoms with van der Waals surface area (Å²) in [5.74, 6) is -4.56. The number of aliphatic carboxylic acids is 1. The van der Waals surface area contributed by atoms with E-state index < -0.39 is 52.3 Å². The predicted molar refractivity (Wildman–Crippen MR) is 86.1 cm³/mol. The topological polar surface area (TPSA) is 80.4 Å². The highest BCUT2D eigenvalue weighted by atomic mass is 19.4. The molecule has 0 fully saturated rings. The molecule has 1 aromatic carbocycles. The summed E-state index contributed by atoms with van der Waals surface area (Å²) in [6.45, 7) is 2.96. The number of primary amides is 1. The molecule has 1 aliphatic carbocycles. The second-order valence-electron chi connectivity index (χ2n) is 6.88. The van der Waals surface area contributed by atoms with E-state index in [1.54, 1.807) is 6.92 Å². The van der Waals surface area contributed by atoms with Gasteiger partial charge in [0.1, 0.15) is 0 Å². The number of allylic oxidation sites excluding steroid dienone is 2. The number of benzene rings is 1. The van der Waals surface area contributed by atoms with Gasteiger partial charge >= 0.3 is 18.3 Å². The largest absolute Gasteiger partial charge is 0.480 e. The fourth-order valence-electron chi connectivity index (χ4n) is 3.62. The fraction of sp³-hybridized carbons (Fsp3) is 0.444. The van der Waals surface area contributed by atoms with E-state index in [-0.39, 0.29) is 24.5 Å². The van der Waals surface area contributed by atoms with Crippen molar-refractivity contribution in [3.63, 3.8) is 0 Å². The van der Waals surface area contributed by atoms with Gasteiger partial charge in [0.25, 0.3) is 0 Å². The molecule has 28 heavy (non-hydrogen) atoms. The molecule has 1 aromatic rings. The first-order valence-electron chi connectivity index (χ1n) is 8.11. The number of carbonyl (C=O) groups excluding carboxylic acids is 1. The first kappa shape index (κ1) is 21.8. The highest BCUT2D eigenvalue weighted by molar-refractivity contribution is 6.03. The Balaban J connectivity index is 2.89. The van der Waals surface area contributed by atoms with E-state index in [0.29, 0.717) is 17.7 Å². The molecule has 0 aliphatic heterocycles. The normalized spacial score (nSPS) is 23.6. The molecule has 1 aliphatic rings. The molecule has 2 atom stereocenters. The molecular weight excluding hydrogens is 392 g/mol. The quantitative estimate of drug-likeness (QED) is 0.438. The monoisotopic (exact) mass is 409 g/mol. The molecule has 2 rings (SSSR count). The van der Waals surface area contributed by atoms with Gasteiger partial charge in [-0.2, -0.15) is 26.3 Å². The number of rotatable bonds is 3. The Kier molecular flexibility index (Phi) is 5.31. The SMILES string of the molecule is CC1=C(C)C(c2cc(C(F)(F)F)cc(C(F)(F)F)c2)C(C(N)=O)(C(=O)O)CC1. The Morgan fingerprint density at radius 3 is 1.86 bits per heavy atom. The number of carbonyl (C=O) groups is 2. The van der Waals surface area contributed by atoms with Crippen molar-refractivity contribution >= 4 is 11.9 Å². The van der Waals surface area contributed by atoms with Crippen LogP contribution < -0.4 is 5.73 Å². The first-order chi connectivity index (χ1) is 12.6. The molecule has 10 heteroatoms. The Bertz CT molecular complexity index is 808. The van der Waals surface area contributed by atoms with Gasteiger partial charge in [-0.05, 0) is 50.5 Å². The van der Waals surface area contributed by atoms with Crippen molar-refractivity contribution in [1.82, 2.24) is 0 Å². The Morgan fingerprint density at radius 1 is 1.04 bits per heavy atom. The van der Waals surface area contributed by atoms with Crippen molar-refractivity contribution in [3.8, 4) is 0 Å². The first-order valence-corrected chi connectivity index (χ1v) is 8.11. The van der Waals surface area contributed by atoms with E-state index in [1.165, 1.54) is 6.92 Å². The Hall–Kier alpha value is -2.52. The zero-order valence-corrected chi connectivity index (χ0v) is 14.8. The van der Waals surface area contributed by atoms with Crippen LogP contribution in [0.1, 0.15) is 49.3 Å². The van der Waals surface area contributed by atoms with Gasteiger partial charge in [-0.25, -0.2) is 0 Å². The summed E-state index contributed by atoms with van der Waals surface area (Å²) in [7, 11) is 0. The van der Waals surface area contributed by atoms with Crippen LogP contribution in [0.15, 0.2) is 29.3 Å². The number of hydrogen-bond donors (Lipinski definition) is 2. The summed E-state index contributed by atoms with van der Waals surface area (Å²) < 4.78 is 79.2.